The predicted octanol–water partition coefficient (Wildman–Crippen LogP) is 3.40. The van der Waals surface area contributed by atoms with E-state index in [1.54, 1.807) is 0 Å². The maximum Gasteiger partial charge on any atom is 0.258 e. The molecule has 1 aromatic rings. The summed E-state index contributed by atoms with van der Waals surface area (Å²) in [6.45, 7) is 6.56. The monoisotopic (exact) mass is 263 g/mol. The Morgan fingerprint density at radius 2 is 1.84 bits per heavy atom. The average molecular weight is 263 g/mol. The molecule has 0 unspecified atom stereocenters. The van der Waals surface area contributed by atoms with Crippen LogP contribution in [-0.2, 0) is 4.79 Å². The Balaban J connectivity index is 2.16. The minimum absolute atomic E-state index is 0.0547. The van der Waals surface area contributed by atoms with Crippen molar-refractivity contribution in [3.8, 4) is 5.75 Å². The number of rotatable bonds is 8. The maximum atomic E-state index is 11.7. The predicted molar refractivity (Wildman–Crippen MR) is 78.2 cm³/mol. The molecular formula is C16H25NO2. The first-order valence-corrected chi connectivity index (χ1v) is 7.05. The molecule has 0 radical (unpaired) electrons. The number of hydrogen-bond acceptors (Lipinski definition) is 2. The summed E-state index contributed by atoms with van der Waals surface area (Å²) in [6.07, 6.45) is 3.38. The highest BCUT2D eigenvalue weighted by Gasteiger charge is 2.08. The number of benzene rings is 1. The van der Waals surface area contributed by atoms with Gasteiger partial charge in [0.1, 0.15) is 5.75 Å². The molecule has 1 atom stereocenters. The minimum atomic E-state index is -0.0547. The second-order valence-corrected chi connectivity index (χ2v) is 5.40. The van der Waals surface area contributed by atoms with Crippen molar-refractivity contribution < 1.29 is 9.53 Å². The Labute approximate surface area is 116 Å². The molecule has 1 rings (SSSR count). The van der Waals surface area contributed by atoms with Gasteiger partial charge in [0, 0.05) is 6.04 Å². The van der Waals surface area contributed by atoms with E-state index in [1.807, 2.05) is 37.3 Å². The van der Waals surface area contributed by atoms with E-state index in [0.717, 1.165) is 24.5 Å². The quantitative estimate of drug-likeness (QED) is 0.780. The summed E-state index contributed by atoms with van der Waals surface area (Å²) in [5.74, 6) is 1.40. The highest BCUT2D eigenvalue weighted by molar-refractivity contribution is 5.77. The van der Waals surface area contributed by atoms with Crippen LogP contribution >= 0.6 is 0 Å². The van der Waals surface area contributed by atoms with Gasteiger partial charge in [0.2, 0.25) is 0 Å². The van der Waals surface area contributed by atoms with Crippen LogP contribution in [0.4, 0.5) is 0 Å². The van der Waals surface area contributed by atoms with Crippen LogP contribution < -0.4 is 10.1 Å². The summed E-state index contributed by atoms with van der Waals surface area (Å²) < 4.78 is 5.40. The van der Waals surface area contributed by atoms with Gasteiger partial charge in [-0.2, -0.15) is 0 Å². The van der Waals surface area contributed by atoms with E-state index in [4.69, 9.17) is 4.74 Å². The van der Waals surface area contributed by atoms with Crippen molar-refractivity contribution in [2.45, 2.75) is 46.1 Å². The summed E-state index contributed by atoms with van der Waals surface area (Å²) in [4.78, 5) is 11.7. The van der Waals surface area contributed by atoms with Crippen LogP contribution in [0.5, 0.6) is 5.75 Å². The zero-order chi connectivity index (χ0) is 14.1. The van der Waals surface area contributed by atoms with Crippen LogP contribution in [0, 0.1) is 5.92 Å². The summed E-state index contributed by atoms with van der Waals surface area (Å²) in [7, 11) is 0. The van der Waals surface area contributed by atoms with E-state index in [-0.39, 0.29) is 18.6 Å². The number of carbonyl (C=O) groups excluding carboxylic acids is 1. The third kappa shape index (κ3) is 7.50. The van der Waals surface area contributed by atoms with Crippen molar-refractivity contribution in [2.24, 2.45) is 5.92 Å². The van der Waals surface area contributed by atoms with Gasteiger partial charge < -0.3 is 10.1 Å². The van der Waals surface area contributed by atoms with Crippen molar-refractivity contribution >= 4 is 5.91 Å². The van der Waals surface area contributed by atoms with Gasteiger partial charge in [0.05, 0.1) is 0 Å². The van der Waals surface area contributed by atoms with Gasteiger partial charge in [-0.25, -0.2) is 0 Å². The molecule has 0 aliphatic heterocycles. The van der Waals surface area contributed by atoms with E-state index in [1.165, 1.54) is 6.42 Å². The van der Waals surface area contributed by atoms with Crippen LogP contribution in [0.15, 0.2) is 30.3 Å². The Bertz CT molecular complexity index is 362. The number of nitrogens with one attached hydrogen (secondary N) is 1. The summed E-state index contributed by atoms with van der Waals surface area (Å²) in [5, 5.41) is 2.96. The second-order valence-electron chi connectivity index (χ2n) is 5.40. The first kappa shape index (κ1) is 15.5. The minimum Gasteiger partial charge on any atom is -0.484 e. The topological polar surface area (TPSA) is 38.3 Å². The highest BCUT2D eigenvalue weighted by Crippen LogP contribution is 2.09. The van der Waals surface area contributed by atoms with Crippen molar-refractivity contribution in [3.05, 3.63) is 30.3 Å². The summed E-state index contributed by atoms with van der Waals surface area (Å²) in [6, 6.07) is 9.61. The van der Waals surface area contributed by atoms with Gasteiger partial charge in [0.15, 0.2) is 6.61 Å². The molecule has 1 amide bonds. The number of ether oxygens (including phenoxy) is 1. The first-order chi connectivity index (χ1) is 9.08. The number of hydrogen-bond donors (Lipinski definition) is 1. The fourth-order valence-corrected chi connectivity index (χ4v) is 1.89. The van der Waals surface area contributed by atoms with E-state index in [9.17, 15) is 4.79 Å². The van der Waals surface area contributed by atoms with Gasteiger partial charge in [0.25, 0.3) is 5.91 Å². The van der Waals surface area contributed by atoms with Gasteiger partial charge in [-0.1, -0.05) is 44.9 Å². The zero-order valence-electron chi connectivity index (χ0n) is 12.2. The lowest BCUT2D eigenvalue weighted by atomic mass is 10.0. The van der Waals surface area contributed by atoms with Crippen molar-refractivity contribution in [3.63, 3.8) is 0 Å². The molecule has 1 N–H and O–H groups in total. The van der Waals surface area contributed by atoms with Crippen LogP contribution in [-0.4, -0.2) is 18.6 Å². The molecule has 0 saturated carbocycles. The standard InChI is InChI=1S/C16H25NO2/c1-13(2)8-7-9-14(3)17-16(18)12-19-15-10-5-4-6-11-15/h4-6,10-11,13-14H,7-9,12H2,1-3H3,(H,17,18)/t14-/m1/s1. The second kappa shape index (κ2) is 8.57. The smallest absolute Gasteiger partial charge is 0.258 e. The Hall–Kier alpha value is -1.51. The molecule has 3 heteroatoms. The number of para-hydroxylation sites is 1. The normalized spacial score (nSPS) is 12.2. The lowest BCUT2D eigenvalue weighted by Gasteiger charge is -2.14. The Morgan fingerprint density at radius 3 is 2.47 bits per heavy atom. The van der Waals surface area contributed by atoms with Gasteiger partial charge >= 0.3 is 0 Å². The fraction of sp³-hybridized carbons (Fsp3) is 0.562. The van der Waals surface area contributed by atoms with Crippen molar-refractivity contribution in [1.82, 2.24) is 5.32 Å². The molecular weight excluding hydrogens is 238 g/mol. The maximum absolute atomic E-state index is 11.7. The number of carbonyl (C=O) groups is 1. The molecule has 0 heterocycles. The largest absolute Gasteiger partial charge is 0.484 e. The fourth-order valence-electron chi connectivity index (χ4n) is 1.89. The number of amides is 1. The van der Waals surface area contributed by atoms with E-state index in [2.05, 4.69) is 19.2 Å². The van der Waals surface area contributed by atoms with E-state index in [0.29, 0.717) is 0 Å². The lowest BCUT2D eigenvalue weighted by molar-refractivity contribution is -0.123. The molecule has 1 aromatic carbocycles. The van der Waals surface area contributed by atoms with Crippen molar-refractivity contribution in [2.75, 3.05) is 6.61 Å². The van der Waals surface area contributed by atoms with Crippen LogP contribution in [0.25, 0.3) is 0 Å². The molecule has 3 nitrogen and oxygen atoms in total. The summed E-state index contributed by atoms with van der Waals surface area (Å²) in [5.41, 5.74) is 0. The van der Waals surface area contributed by atoms with Crippen LogP contribution in [0.3, 0.4) is 0 Å². The van der Waals surface area contributed by atoms with Gasteiger partial charge in [-0.15, -0.1) is 0 Å². The van der Waals surface area contributed by atoms with E-state index >= 15 is 0 Å². The van der Waals surface area contributed by atoms with Gasteiger partial charge in [-0.05, 0) is 31.4 Å². The third-order valence-electron chi connectivity index (χ3n) is 2.94. The molecule has 0 aromatic heterocycles. The van der Waals surface area contributed by atoms with Gasteiger partial charge in [-0.3, -0.25) is 4.79 Å². The van der Waals surface area contributed by atoms with Crippen molar-refractivity contribution in [1.29, 1.82) is 0 Å². The zero-order valence-corrected chi connectivity index (χ0v) is 12.2. The van der Waals surface area contributed by atoms with Crippen LogP contribution in [0.1, 0.15) is 40.0 Å². The molecule has 0 aliphatic rings. The van der Waals surface area contributed by atoms with E-state index < -0.39 is 0 Å². The average Bonchev–Trinajstić information content (AvgIpc) is 2.37. The lowest BCUT2D eigenvalue weighted by Crippen LogP contribution is -2.36. The third-order valence-corrected chi connectivity index (χ3v) is 2.94. The molecule has 0 bridgehead atoms. The molecule has 106 valence electrons. The Morgan fingerprint density at radius 1 is 1.16 bits per heavy atom. The highest BCUT2D eigenvalue weighted by atomic mass is 16.5. The first-order valence-electron chi connectivity index (χ1n) is 7.05. The Kier molecular flexibility index (Phi) is 7.01. The summed E-state index contributed by atoms with van der Waals surface area (Å²) >= 11 is 0. The molecule has 0 spiro atoms. The molecule has 19 heavy (non-hydrogen) atoms. The molecule has 0 aliphatic carbocycles. The SMILES string of the molecule is CC(C)CCC[C@@H](C)NC(=O)COc1ccccc1. The molecule has 0 saturated heterocycles. The van der Waals surface area contributed by atoms with Crippen LogP contribution in [0.2, 0.25) is 0 Å². The molecule has 0 fully saturated rings.